The number of thiocarbonyl (C=S) groups is 1. The summed E-state index contributed by atoms with van der Waals surface area (Å²) >= 11 is 5.70. The molecule has 2 atom stereocenters. The topological polar surface area (TPSA) is 33.1 Å². The van der Waals surface area contributed by atoms with Crippen LogP contribution in [0.25, 0.3) is 0 Å². The third kappa shape index (κ3) is 3.30. The van der Waals surface area contributed by atoms with Crippen LogP contribution in [0.5, 0.6) is 0 Å². The van der Waals surface area contributed by atoms with E-state index >= 15 is 0 Å². The highest BCUT2D eigenvalue weighted by molar-refractivity contribution is 7.80. The van der Waals surface area contributed by atoms with Gasteiger partial charge in [0.25, 0.3) is 0 Å². The molecule has 0 aliphatic carbocycles. The van der Waals surface area contributed by atoms with Gasteiger partial charge in [0, 0.05) is 30.7 Å². The van der Waals surface area contributed by atoms with Crippen LogP contribution in [-0.2, 0) is 6.54 Å². The van der Waals surface area contributed by atoms with E-state index in [1.807, 2.05) is 18.3 Å². The zero-order valence-electron chi connectivity index (χ0n) is 15.8. The van der Waals surface area contributed by atoms with Crippen LogP contribution >= 0.6 is 12.2 Å². The van der Waals surface area contributed by atoms with E-state index in [9.17, 15) is 0 Å². The number of nitrogens with one attached hydrogen (secondary N) is 1. The predicted octanol–water partition coefficient (Wildman–Crippen LogP) is 4.15. The van der Waals surface area contributed by atoms with Crippen LogP contribution in [0.1, 0.15) is 55.5 Å². The van der Waals surface area contributed by atoms with E-state index in [4.69, 9.17) is 12.2 Å². The fraction of sp³-hybridized carbons (Fsp3) is 0.500. The van der Waals surface area contributed by atoms with Crippen LogP contribution < -0.4 is 5.32 Å². The summed E-state index contributed by atoms with van der Waals surface area (Å²) in [6.07, 6.45) is 1.86. The third-order valence-electron chi connectivity index (χ3n) is 5.01. The lowest BCUT2D eigenvalue weighted by Gasteiger charge is -2.29. The molecule has 1 fully saturated rings. The zero-order chi connectivity index (χ0) is 18.1. The molecule has 1 N–H and O–H groups in total. The van der Waals surface area contributed by atoms with Crippen molar-refractivity contribution >= 4 is 17.3 Å². The maximum Gasteiger partial charge on any atom is 0.170 e. The van der Waals surface area contributed by atoms with Crippen molar-refractivity contribution in [3.63, 3.8) is 0 Å². The quantitative estimate of drug-likeness (QED) is 0.816. The molecule has 0 saturated carbocycles. The van der Waals surface area contributed by atoms with Gasteiger partial charge >= 0.3 is 0 Å². The normalized spacial score (nSPS) is 20.4. The SMILES string of the molecule is CCn1c(C)cc([C@@H]2[C@@H](c3ccccn3)NC(=S)N2CC(C)C)c1C. The Balaban J connectivity index is 2.09. The molecule has 2 aromatic heterocycles. The van der Waals surface area contributed by atoms with Gasteiger partial charge in [0.05, 0.1) is 17.8 Å². The second-order valence-corrected chi connectivity index (χ2v) is 7.63. The Morgan fingerprint density at radius 3 is 2.60 bits per heavy atom. The molecule has 3 heterocycles. The summed E-state index contributed by atoms with van der Waals surface area (Å²) in [5.41, 5.74) is 5.02. The summed E-state index contributed by atoms with van der Waals surface area (Å²) in [5, 5.41) is 4.36. The Morgan fingerprint density at radius 1 is 1.28 bits per heavy atom. The van der Waals surface area contributed by atoms with Gasteiger partial charge in [0.2, 0.25) is 0 Å². The largest absolute Gasteiger partial charge is 0.352 e. The molecule has 25 heavy (non-hydrogen) atoms. The monoisotopic (exact) mass is 356 g/mol. The van der Waals surface area contributed by atoms with Crippen molar-refractivity contribution in [3.8, 4) is 0 Å². The standard InChI is InChI=1S/C20H28N4S/c1-6-23-14(4)11-16(15(23)5)19-18(17-9-7-8-10-21-17)22-20(25)24(19)12-13(2)3/h7-11,13,18-19H,6,12H2,1-5H3,(H,22,25)/t18-,19-/m1/s1. The van der Waals surface area contributed by atoms with Gasteiger partial charge in [-0.15, -0.1) is 0 Å². The number of hydrogen-bond acceptors (Lipinski definition) is 2. The van der Waals surface area contributed by atoms with Gasteiger partial charge < -0.3 is 14.8 Å². The molecule has 1 aliphatic rings. The summed E-state index contributed by atoms with van der Waals surface area (Å²) in [5.74, 6) is 0.541. The molecule has 4 nitrogen and oxygen atoms in total. The van der Waals surface area contributed by atoms with Crippen LogP contribution in [0.2, 0.25) is 0 Å². The molecule has 1 aliphatic heterocycles. The second kappa shape index (κ2) is 7.16. The van der Waals surface area contributed by atoms with Crippen LogP contribution in [0.4, 0.5) is 0 Å². The van der Waals surface area contributed by atoms with E-state index in [2.05, 4.69) is 66.5 Å². The van der Waals surface area contributed by atoms with E-state index in [0.717, 1.165) is 23.9 Å². The number of hydrogen-bond donors (Lipinski definition) is 1. The highest BCUT2D eigenvalue weighted by atomic mass is 32.1. The first-order valence-corrected chi connectivity index (χ1v) is 9.49. The van der Waals surface area contributed by atoms with Crippen LogP contribution in [-0.4, -0.2) is 26.1 Å². The first-order valence-electron chi connectivity index (χ1n) is 9.08. The van der Waals surface area contributed by atoms with E-state index in [-0.39, 0.29) is 12.1 Å². The zero-order valence-corrected chi connectivity index (χ0v) is 16.6. The molecule has 0 unspecified atom stereocenters. The molecule has 0 radical (unpaired) electrons. The summed E-state index contributed by atoms with van der Waals surface area (Å²) in [6, 6.07) is 8.67. The first-order chi connectivity index (χ1) is 11.9. The molecule has 3 rings (SSSR count). The fourth-order valence-corrected chi connectivity index (χ4v) is 4.26. The number of pyridine rings is 1. The molecule has 0 spiro atoms. The average molecular weight is 357 g/mol. The molecular formula is C20H28N4S. The van der Waals surface area contributed by atoms with Crippen molar-refractivity contribution in [2.75, 3.05) is 6.54 Å². The summed E-state index contributed by atoms with van der Waals surface area (Å²) < 4.78 is 2.37. The Labute approximate surface area is 156 Å². The second-order valence-electron chi connectivity index (χ2n) is 7.24. The fourth-order valence-electron chi connectivity index (χ4n) is 3.95. The van der Waals surface area contributed by atoms with Crippen molar-refractivity contribution in [1.29, 1.82) is 0 Å². The summed E-state index contributed by atoms with van der Waals surface area (Å²) in [4.78, 5) is 6.96. The number of nitrogens with zero attached hydrogens (tertiary/aromatic N) is 3. The molecule has 134 valence electrons. The minimum atomic E-state index is 0.0817. The summed E-state index contributed by atoms with van der Waals surface area (Å²) in [6.45, 7) is 13.0. The van der Waals surface area contributed by atoms with Gasteiger partial charge in [-0.2, -0.15) is 0 Å². The van der Waals surface area contributed by atoms with Gasteiger partial charge in [-0.1, -0.05) is 19.9 Å². The predicted molar refractivity (Wildman–Crippen MR) is 107 cm³/mol. The van der Waals surface area contributed by atoms with E-state index in [0.29, 0.717) is 5.92 Å². The maximum absolute atomic E-state index is 5.70. The van der Waals surface area contributed by atoms with Crippen molar-refractivity contribution in [3.05, 3.63) is 53.1 Å². The third-order valence-corrected chi connectivity index (χ3v) is 5.36. The lowest BCUT2D eigenvalue weighted by Crippen LogP contribution is -2.33. The van der Waals surface area contributed by atoms with Gasteiger partial charge in [-0.05, 0) is 62.7 Å². The molecule has 5 heteroatoms. The highest BCUT2D eigenvalue weighted by Gasteiger charge is 2.41. The van der Waals surface area contributed by atoms with Crippen molar-refractivity contribution in [2.24, 2.45) is 5.92 Å². The molecule has 0 bridgehead atoms. The highest BCUT2D eigenvalue weighted by Crippen LogP contribution is 2.41. The molecular weight excluding hydrogens is 328 g/mol. The van der Waals surface area contributed by atoms with Crippen LogP contribution in [0, 0.1) is 19.8 Å². The Hall–Kier alpha value is -1.88. The molecule has 0 amide bonds. The Kier molecular flexibility index (Phi) is 5.13. The average Bonchev–Trinajstić information content (AvgIpc) is 3.04. The lowest BCUT2D eigenvalue weighted by atomic mass is 9.96. The van der Waals surface area contributed by atoms with Gasteiger partial charge in [-0.3, -0.25) is 4.98 Å². The minimum Gasteiger partial charge on any atom is -0.352 e. The van der Waals surface area contributed by atoms with Crippen molar-refractivity contribution < 1.29 is 0 Å². The van der Waals surface area contributed by atoms with Crippen LogP contribution in [0.15, 0.2) is 30.5 Å². The molecule has 0 aromatic carbocycles. The van der Waals surface area contributed by atoms with Crippen LogP contribution in [0.3, 0.4) is 0 Å². The number of rotatable bonds is 5. The van der Waals surface area contributed by atoms with Gasteiger partial charge in [0.15, 0.2) is 5.11 Å². The smallest absolute Gasteiger partial charge is 0.170 e. The van der Waals surface area contributed by atoms with E-state index < -0.39 is 0 Å². The minimum absolute atomic E-state index is 0.0817. The first kappa shape index (κ1) is 17.9. The van der Waals surface area contributed by atoms with Crippen molar-refractivity contribution in [2.45, 2.75) is 53.2 Å². The van der Waals surface area contributed by atoms with Gasteiger partial charge in [0.1, 0.15) is 0 Å². The maximum atomic E-state index is 5.70. The lowest BCUT2D eigenvalue weighted by molar-refractivity contribution is 0.286. The Morgan fingerprint density at radius 2 is 2.04 bits per heavy atom. The number of aryl methyl sites for hydroxylation is 1. The molecule has 2 aromatic rings. The van der Waals surface area contributed by atoms with E-state index in [1.165, 1.54) is 17.0 Å². The number of aromatic nitrogens is 2. The Bertz CT molecular complexity index is 751. The van der Waals surface area contributed by atoms with Crippen molar-refractivity contribution in [1.82, 2.24) is 19.8 Å². The summed E-state index contributed by atoms with van der Waals surface area (Å²) in [7, 11) is 0. The van der Waals surface area contributed by atoms with Gasteiger partial charge in [-0.25, -0.2) is 0 Å². The van der Waals surface area contributed by atoms with E-state index in [1.54, 1.807) is 0 Å². The molecule has 1 saturated heterocycles.